The summed E-state index contributed by atoms with van der Waals surface area (Å²) in [6.45, 7) is 0.477. The van der Waals surface area contributed by atoms with Crippen LogP contribution in [0.15, 0.2) is 0 Å². The zero-order valence-corrected chi connectivity index (χ0v) is 10.4. The molecule has 0 atom stereocenters. The number of hydrogen-bond donors (Lipinski definition) is 0. The van der Waals surface area contributed by atoms with E-state index in [4.69, 9.17) is 11.6 Å². The van der Waals surface area contributed by atoms with Crippen LogP contribution in [0.3, 0.4) is 0 Å². The van der Waals surface area contributed by atoms with Gasteiger partial charge in [0.15, 0.2) is 0 Å². The van der Waals surface area contributed by atoms with Crippen molar-refractivity contribution in [2.45, 2.75) is 50.7 Å². The highest BCUT2D eigenvalue weighted by atomic mass is 35.5. The lowest BCUT2D eigenvalue weighted by Gasteiger charge is -2.37. The molecule has 0 spiro atoms. The number of alkyl halides is 4. The first-order chi connectivity index (χ1) is 7.94. The summed E-state index contributed by atoms with van der Waals surface area (Å²) in [4.78, 5) is 13.3. The smallest absolute Gasteiger partial charge is 0.340 e. The fourth-order valence-electron chi connectivity index (χ4n) is 1.83. The SMILES string of the molecule is O=C(CCC(F)(F)F)N(CCCCl)C1CCC1. The molecule has 0 aromatic heterocycles. The van der Waals surface area contributed by atoms with Crippen molar-refractivity contribution in [2.24, 2.45) is 0 Å². The summed E-state index contributed by atoms with van der Waals surface area (Å²) in [7, 11) is 0. The maximum atomic E-state index is 12.0. The zero-order chi connectivity index (χ0) is 12.9. The predicted octanol–water partition coefficient (Wildman–Crippen LogP) is 3.34. The Balaban J connectivity index is 2.41. The Hall–Kier alpha value is -0.450. The summed E-state index contributed by atoms with van der Waals surface area (Å²) in [6, 6.07) is 0.138. The topological polar surface area (TPSA) is 20.3 Å². The van der Waals surface area contributed by atoms with Gasteiger partial charge in [0, 0.05) is 24.9 Å². The van der Waals surface area contributed by atoms with Crippen molar-refractivity contribution in [3.05, 3.63) is 0 Å². The Morgan fingerprint density at radius 3 is 2.41 bits per heavy atom. The monoisotopic (exact) mass is 271 g/mol. The lowest BCUT2D eigenvalue weighted by Crippen LogP contribution is -2.45. The van der Waals surface area contributed by atoms with E-state index in [0.717, 1.165) is 19.3 Å². The summed E-state index contributed by atoms with van der Waals surface area (Å²) >= 11 is 5.55. The van der Waals surface area contributed by atoms with Crippen LogP contribution in [0.1, 0.15) is 38.5 Å². The second kappa shape index (κ2) is 6.47. The molecule has 6 heteroatoms. The third-order valence-electron chi connectivity index (χ3n) is 2.99. The van der Waals surface area contributed by atoms with Crippen molar-refractivity contribution in [1.29, 1.82) is 0 Å². The molecule has 1 aliphatic rings. The van der Waals surface area contributed by atoms with Crippen LogP contribution in [-0.4, -0.2) is 35.4 Å². The Morgan fingerprint density at radius 1 is 1.35 bits per heavy atom. The summed E-state index contributed by atoms with van der Waals surface area (Å²) in [5, 5.41) is 0. The molecule has 1 rings (SSSR count). The van der Waals surface area contributed by atoms with Crippen LogP contribution >= 0.6 is 11.6 Å². The Morgan fingerprint density at radius 2 is 2.00 bits per heavy atom. The molecular formula is C11H17ClF3NO. The molecule has 0 unspecified atom stereocenters. The van der Waals surface area contributed by atoms with Gasteiger partial charge in [0.25, 0.3) is 0 Å². The quantitative estimate of drug-likeness (QED) is 0.679. The maximum absolute atomic E-state index is 12.0. The van der Waals surface area contributed by atoms with E-state index in [0.29, 0.717) is 18.8 Å². The van der Waals surface area contributed by atoms with Crippen molar-refractivity contribution in [3.8, 4) is 0 Å². The molecule has 100 valence electrons. The number of halogens is 4. The third-order valence-corrected chi connectivity index (χ3v) is 3.26. The van der Waals surface area contributed by atoms with Gasteiger partial charge in [-0.2, -0.15) is 13.2 Å². The molecule has 0 heterocycles. The normalized spacial score (nSPS) is 16.7. The van der Waals surface area contributed by atoms with E-state index in [1.807, 2.05) is 0 Å². The minimum atomic E-state index is -4.26. The van der Waals surface area contributed by atoms with Crippen LogP contribution in [0.5, 0.6) is 0 Å². The molecule has 0 aromatic rings. The first-order valence-corrected chi connectivity index (χ1v) is 6.39. The van der Waals surface area contributed by atoms with Gasteiger partial charge in [0.05, 0.1) is 6.42 Å². The number of amides is 1. The number of hydrogen-bond acceptors (Lipinski definition) is 1. The fraction of sp³-hybridized carbons (Fsp3) is 0.909. The fourth-order valence-corrected chi connectivity index (χ4v) is 1.95. The van der Waals surface area contributed by atoms with Gasteiger partial charge in [-0.25, -0.2) is 0 Å². The molecule has 0 aromatic carbocycles. The predicted molar refractivity (Wildman–Crippen MR) is 60.0 cm³/mol. The molecule has 0 N–H and O–H groups in total. The van der Waals surface area contributed by atoms with Gasteiger partial charge in [-0.1, -0.05) is 0 Å². The second-order valence-electron chi connectivity index (χ2n) is 4.33. The Kier molecular flexibility index (Phi) is 5.56. The molecule has 17 heavy (non-hydrogen) atoms. The van der Waals surface area contributed by atoms with E-state index in [-0.39, 0.29) is 6.04 Å². The van der Waals surface area contributed by atoms with Gasteiger partial charge in [0.1, 0.15) is 0 Å². The first-order valence-electron chi connectivity index (χ1n) is 5.86. The summed E-state index contributed by atoms with van der Waals surface area (Å²) in [5.41, 5.74) is 0. The van der Waals surface area contributed by atoms with Crippen molar-refractivity contribution in [1.82, 2.24) is 4.90 Å². The molecule has 1 saturated carbocycles. The largest absolute Gasteiger partial charge is 0.389 e. The van der Waals surface area contributed by atoms with Crippen LogP contribution in [0.4, 0.5) is 13.2 Å². The van der Waals surface area contributed by atoms with Gasteiger partial charge in [-0.05, 0) is 25.7 Å². The highest BCUT2D eigenvalue weighted by Crippen LogP contribution is 2.27. The summed E-state index contributed by atoms with van der Waals surface area (Å²) < 4.78 is 36.1. The van der Waals surface area contributed by atoms with Crippen molar-refractivity contribution in [3.63, 3.8) is 0 Å². The van der Waals surface area contributed by atoms with E-state index in [9.17, 15) is 18.0 Å². The lowest BCUT2D eigenvalue weighted by molar-refractivity contribution is -0.151. The molecule has 1 amide bonds. The zero-order valence-electron chi connectivity index (χ0n) is 9.60. The second-order valence-corrected chi connectivity index (χ2v) is 4.71. The van der Waals surface area contributed by atoms with Gasteiger partial charge in [-0.3, -0.25) is 4.79 Å². The molecule has 2 nitrogen and oxygen atoms in total. The van der Waals surface area contributed by atoms with Gasteiger partial charge in [-0.15, -0.1) is 11.6 Å². The van der Waals surface area contributed by atoms with Gasteiger partial charge >= 0.3 is 6.18 Å². The number of carbonyl (C=O) groups is 1. The molecule has 1 fully saturated rings. The first kappa shape index (κ1) is 14.6. The molecule has 1 aliphatic carbocycles. The summed E-state index contributed by atoms with van der Waals surface area (Å²) in [5.74, 6) is 0.0348. The van der Waals surface area contributed by atoms with Crippen LogP contribution in [-0.2, 0) is 4.79 Å². The molecule has 0 radical (unpaired) electrons. The van der Waals surface area contributed by atoms with E-state index in [1.54, 1.807) is 4.90 Å². The van der Waals surface area contributed by atoms with Gasteiger partial charge < -0.3 is 4.90 Å². The van der Waals surface area contributed by atoms with E-state index < -0.39 is 24.9 Å². The van der Waals surface area contributed by atoms with Crippen LogP contribution in [0, 0.1) is 0 Å². The van der Waals surface area contributed by atoms with E-state index in [1.165, 1.54) is 0 Å². The minimum Gasteiger partial charge on any atom is -0.340 e. The number of carbonyl (C=O) groups excluding carboxylic acids is 1. The minimum absolute atomic E-state index is 0.138. The van der Waals surface area contributed by atoms with Crippen LogP contribution in [0.2, 0.25) is 0 Å². The standard InChI is InChI=1S/C11H17ClF3NO/c12-7-2-8-16(9-3-1-4-9)10(17)5-6-11(13,14)15/h9H,1-8H2. The van der Waals surface area contributed by atoms with Crippen LogP contribution < -0.4 is 0 Å². The third kappa shape index (κ3) is 5.15. The average Bonchev–Trinajstić information content (AvgIpc) is 2.16. The Bertz CT molecular complexity index is 254. The average molecular weight is 272 g/mol. The van der Waals surface area contributed by atoms with Crippen molar-refractivity contribution in [2.75, 3.05) is 12.4 Å². The maximum Gasteiger partial charge on any atom is 0.389 e. The lowest BCUT2D eigenvalue weighted by atomic mass is 9.91. The molecule has 0 aliphatic heterocycles. The van der Waals surface area contributed by atoms with Crippen LogP contribution in [0.25, 0.3) is 0 Å². The highest BCUT2D eigenvalue weighted by Gasteiger charge is 2.32. The van der Waals surface area contributed by atoms with E-state index in [2.05, 4.69) is 0 Å². The van der Waals surface area contributed by atoms with Crippen molar-refractivity contribution < 1.29 is 18.0 Å². The van der Waals surface area contributed by atoms with E-state index >= 15 is 0 Å². The van der Waals surface area contributed by atoms with Crippen molar-refractivity contribution >= 4 is 17.5 Å². The number of rotatable bonds is 6. The molecule has 0 bridgehead atoms. The highest BCUT2D eigenvalue weighted by molar-refractivity contribution is 6.17. The number of nitrogens with zero attached hydrogens (tertiary/aromatic N) is 1. The summed E-state index contributed by atoms with van der Waals surface area (Å²) in [6.07, 6.45) is -2.24. The molecular weight excluding hydrogens is 255 g/mol. The van der Waals surface area contributed by atoms with Gasteiger partial charge in [0.2, 0.25) is 5.91 Å². The molecule has 0 saturated heterocycles. The Labute approximate surface area is 104 Å².